The number of halogens is 2. The zero-order chi connectivity index (χ0) is 25.8. The van der Waals surface area contributed by atoms with E-state index in [0.717, 1.165) is 11.1 Å². The van der Waals surface area contributed by atoms with Gasteiger partial charge in [-0.1, -0.05) is 0 Å². The van der Waals surface area contributed by atoms with Gasteiger partial charge in [0, 0.05) is 37.0 Å². The van der Waals surface area contributed by atoms with Crippen molar-refractivity contribution >= 4 is 47.8 Å². The third-order valence-corrected chi connectivity index (χ3v) is 5.11. The molecule has 2 N–H and O–H groups in total. The van der Waals surface area contributed by atoms with Crippen LogP contribution in [0.3, 0.4) is 0 Å². The van der Waals surface area contributed by atoms with Crippen LogP contribution in [-0.4, -0.2) is 40.2 Å². The van der Waals surface area contributed by atoms with Gasteiger partial charge in [0.1, 0.15) is 17.3 Å². The van der Waals surface area contributed by atoms with Crippen LogP contribution in [0.25, 0.3) is 11.3 Å². The number of hydrogen-bond acceptors (Lipinski definition) is 10. The number of hydrazone groups is 1. The van der Waals surface area contributed by atoms with Crippen LogP contribution in [0.1, 0.15) is 16.9 Å². The summed E-state index contributed by atoms with van der Waals surface area (Å²) in [5.74, 6) is 1.50. The lowest BCUT2D eigenvalue weighted by Crippen LogP contribution is -2.15. The number of nitrogens with one attached hydrogen (secondary N) is 2. The summed E-state index contributed by atoms with van der Waals surface area (Å²) in [5, 5.41) is 18.3. The third-order valence-electron chi connectivity index (χ3n) is 5.11. The topological polar surface area (TPSA) is 135 Å². The van der Waals surface area contributed by atoms with E-state index in [0.29, 0.717) is 28.7 Å². The lowest BCUT2D eigenvalue weighted by molar-refractivity contribution is -0.385. The maximum atomic E-state index is 13.2. The Morgan fingerprint density at radius 2 is 1.73 bits per heavy atom. The molecule has 0 unspecified atom stereocenters. The van der Waals surface area contributed by atoms with Gasteiger partial charge in [-0.15, -0.1) is 12.4 Å². The summed E-state index contributed by atoms with van der Waals surface area (Å²) in [4.78, 5) is 25.4. The Morgan fingerprint density at radius 1 is 1.03 bits per heavy atom. The summed E-state index contributed by atoms with van der Waals surface area (Å²) < 4.78 is 19.0. The molecule has 0 saturated heterocycles. The van der Waals surface area contributed by atoms with Crippen LogP contribution in [0.5, 0.6) is 0 Å². The number of furan rings is 1. The van der Waals surface area contributed by atoms with Crippen molar-refractivity contribution in [3.05, 3.63) is 81.3 Å². The molecule has 0 spiro atoms. The second-order valence-corrected chi connectivity index (χ2v) is 8.09. The highest BCUT2D eigenvalue weighted by molar-refractivity contribution is 5.85. The Bertz CT molecular complexity index is 1440. The Kier molecular flexibility index (Phi) is 8.35. The third kappa shape index (κ3) is 6.55. The van der Waals surface area contributed by atoms with Gasteiger partial charge in [0.15, 0.2) is 0 Å². The first-order valence-corrected chi connectivity index (χ1v) is 10.8. The number of nitro benzene ring substituents is 1. The molecule has 11 nitrogen and oxygen atoms in total. The second-order valence-electron chi connectivity index (χ2n) is 8.09. The fourth-order valence-electron chi connectivity index (χ4n) is 3.32. The number of aryl methyl sites for hydroxylation is 2. The molecule has 13 heteroatoms. The molecule has 4 aromatic rings. The van der Waals surface area contributed by atoms with E-state index in [9.17, 15) is 14.5 Å². The zero-order valence-corrected chi connectivity index (χ0v) is 21.2. The summed E-state index contributed by atoms with van der Waals surface area (Å²) in [6.07, 6.45) is 1.46. The number of anilines is 4. The molecule has 4 rings (SSSR count). The van der Waals surface area contributed by atoms with Crippen molar-refractivity contribution in [2.45, 2.75) is 13.8 Å². The average Bonchev–Trinajstić information content (AvgIpc) is 3.30. The molecule has 0 bridgehead atoms. The fourth-order valence-corrected chi connectivity index (χ4v) is 3.32. The highest BCUT2D eigenvalue weighted by atomic mass is 35.5. The van der Waals surface area contributed by atoms with Gasteiger partial charge in [0.05, 0.1) is 11.1 Å². The SMILES string of the molecule is Cc1cc([N+](=O)[O-])c(C)cc1-c1ccc(C=NNc2nc(Nc3ccc(F)cc3)nc(N(C)C)n2)o1.Cl. The van der Waals surface area contributed by atoms with Crippen molar-refractivity contribution in [3.8, 4) is 11.3 Å². The molecular formula is C24H24ClFN8O3. The first-order chi connectivity index (χ1) is 17.2. The summed E-state index contributed by atoms with van der Waals surface area (Å²) >= 11 is 0. The maximum Gasteiger partial charge on any atom is 0.272 e. The molecule has 0 radical (unpaired) electrons. The minimum atomic E-state index is -0.401. The van der Waals surface area contributed by atoms with Gasteiger partial charge in [-0.2, -0.15) is 20.1 Å². The highest BCUT2D eigenvalue weighted by Gasteiger charge is 2.16. The molecule has 0 saturated carbocycles. The van der Waals surface area contributed by atoms with Crippen molar-refractivity contribution in [1.82, 2.24) is 15.0 Å². The highest BCUT2D eigenvalue weighted by Crippen LogP contribution is 2.31. The fraction of sp³-hybridized carbons (Fsp3) is 0.167. The van der Waals surface area contributed by atoms with Gasteiger partial charge in [-0.05, 0) is 61.9 Å². The Balaban J connectivity index is 0.00000380. The summed E-state index contributed by atoms with van der Waals surface area (Å²) in [6, 6.07) is 12.6. The molecule has 0 aliphatic heterocycles. The summed E-state index contributed by atoms with van der Waals surface area (Å²) in [6.45, 7) is 3.48. The van der Waals surface area contributed by atoms with Crippen molar-refractivity contribution in [3.63, 3.8) is 0 Å². The van der Waals surface area contributed by atoms with Crippen molar-refractivity contribution < 1.29 is 13.7 Å². The largest absolute Gasteiger partial charge is 0.455 e. The van der Waals surface area contributed by atoms with Gasteiger partial charge in [0.2, 0.25) is 17.8 Å². The van der Waals surface area contributed by atoms with Gasteiger partial charge < -0.3 is 14.6 Å². The first-order valence-electron chi connectivity index (χ1n) is 10.8. The predicted octanol–water partition coefficient (Wildman–Crippen LogP) is 5.47. The molecule has 0 atom stereocenters. The lowest BCUT2D eigenvalue weighted by atomic mass is 10.0. The van der Waals surface area contributed by atoms with Crippen LogP contribution in [0, 0.1) is 29.8 Å². The van der Waals surface area contributed by atoms with E-state index in [1.807, 2.05) is 0 Å². The standard InChI is InChI=1S/C24H23FN8O3.ClH/c1-14-12-20(33(34)35)15(2)11-19(14)21-10-9-18(36-21)13-26-31-23-28-22(29-24(30-23)32(3)4)27-17-7-5-16(25)6-8-17;/h5-13H,1-4H3,(H2,27,28,29,30,31);1H. The van der Waals surface area contributed by atoms with Crippen molar-refractivity contribution in [1.29, 1.82) is 0 Å². The molecule has 2 aromatic heterocycles. The lowest BCUT2D eigenvalue weighted by Gasteiger charge is -2.13. The Morgan fingerprint density at radius 3 is 2.41 bits per heavy atom. The van der Waals surface area contributed by atoms with Gasteiger partial charge in [-0.3, -0.25) is 10.1 Å². The molecule has 0 aliphatic carbocycles. The quantitative estimate of drug-likeness (QED) is 0.174. The van der Waals surface area contributed by atoms with E-state index in [4.69, 9.17) is 4.42 Å². The summed E-state index contributed by atoms with van der Waals surface area (Å²) in [7, 11) is 3.58. The van der Waals surface area contributed by atoms with Crippen LogP contribution in [0.2, 0.25) is 0 Å². The molecule has 0 fully saturated rings. The maximum absolute atomic E-state index is 13.2. The zero-order valence-electron chi connectivity index (χ0n) is 20.4. The number of benzene rings is 2. The number of aromatic nitrogens is 3. The second kappa shape index (κ2) is 11.4. The molecule has 0 aliphatic rings. The van der Waals surface area contributed by atoms with Crippen LogP contribution in [-0.2, 0) is 0 Å². The first kappa shape index (κ1) is 27.0. The molecular weight excluding hydrogens is 503 g/mol. The van der Waals surface area contributed by atoms with Gasteiger partial charge in [0.25, 0.3) is 5.69 Å². The monoisotopic (exact) mass is 526 g/mol. The van der Waals surface area contributed by atoms with E-state index in [2.05, 4.69) is 30.8 Å². The van der Waals surface area contributed by atoms with Crippen LogP contribution < -0.4 is 15.6 Å². The van der Waals surface area contributed by atoms with Gasteiger partial charge in [-0.25, -0.2) is 9.82 Å². The number of nitrogens with zero attached hydrogens (tertiary/aromatic N) is 6. The molecule has 2 heterocycles. The van der Waals surface area contributed by atoms with E-state index in [-0.39, 0.29) is 35.8 Å². The molecule has 0 amide bonds. The van der Waals surface area contributed by atoms with E-state index in [1.165, 1.54) is 24.4 Å². The van der Waals surface area contributed by atoms with Crippen LogP contribution in [0.4, 0.5) is 33.6 Å². The van der Waals surface area contributed by atoms with Crippen LogP contribution >= 0.6 is 12.4 Å². The molecule has 2 aromatic carbocycles. The summed E-state index contributed by atoms with van der Waals surface area (Å²) in [5.41, 5.74) is 5.47. The predicted molar refractivity (Wildman–Crippen MR) is 143 cm³/mol. The van der Waals surface area contributed by atoms with E-state index < -0.39 is 4.92 Å². The van der Waals surface area contributed by atoms with Gasteiger partial charge >= 0.3 is 0 Å². The van der Waals surface area contributed by atoms with Crippen molar-refractivity contribution in [2.75, 3.05) is 29.7 Å². The van der Waals surface area contributed by atoms with E-state index >= 15 is 0 Å². The smallest absolute Gasteiger partial charge is 0.272 e. The minimum absolute atomic E-state index is 0. The van der Waals surface area contributed by atoms with Crippen molar-refractivity contribution in [2.24, 2.45) is 5.10 Å². The molecule has 192 valence electrons. The average molecular weight is 527 g/mol. The number of rotatable bonds is 8. The number of nitro groups is 1. The minimum Gasteiger partial charge on any atom is -0.455 e. The Hall–Kier alpha value is -4.58. The van der Waals surface area contributed by atoms with E-state index in [1.54, 1.807) is 63.2 Å². The Labute approximate surface area is 218 Å². The van der Waals surface area contributed by atoms with Crippen LogP contribution in [0.15, 0.2) is 58.0 Å². The number of hydrogen-bond donors (Lipinski definition) is 2. The molecule has 37 heavy (non-hydrogen) atoms. The normalized spacial score (nSPS) is 10.7.